The Morgan fingerprint density at radius 3 is 2.09 bits per heavy atom. The molecule has 1 rings (SSSR count). The molecule has 0 aliphatic rings. The third kappa shape index (κ3) is 3.17. The summed E-state index contributed by atoms with van der Waals surface area (Å²) in [6.45, 7) is 9.22. The molecule has 0 N–H and O–H groups in total. The Morgan fingerprint density at radius 1 is 1.36 bits per heavy atom. The normalized spacial score (nSPS) is 10.9. The smallest absolute Gasteiger partial charge is 0.269 e. The van der Waals surface area contributed by atoms with Crippen LogP contribution in [-0.2, 0) is 0 Å². The van der Waals surface area contributed by atoms with Crippen molar-refractivity contribution < 1.29 is 18.9 Å². The summed E-state index contributed by atoms with van der Waals surface area (Å²) in [5.74, 6) is 0. The van der Waals surface area contributed by atoms with Crippen LogP contribution in [0.3, 0.4) is 0 Å². The van der Waals surface area contributed by atoms with Gasteiger partial charge in [-0.3, -0.25) is 11.3 Å². The summed E-state index contributed by atoms with van der Waals surface area (Å²) in [7, 11) is -1.03. The molecule has 0 fully saturated rings. The average molecular weight is 176 g/mol. The van der Waals surface area contributed by atoms with Crippen molar-refractivity contribution in [3.05, 3.63) is 17.0 Å². The van der Waals surface area contributed by atoms with Gasteiger partial charge in [0.2, 0.25) is 0 Å². The Kier molecular flexibility index (Phi) is 4.14. The van der Waals surface area contributed by atoms with Crippen molar-refractivity contribution in [2.45, 2.75) is 26.6 Å². The average Bonchev–Trinajstić information content (AvgIpc) is 2.11. The van der Waals surface area contributed by atoms with Crippen LogP contribution in [0.15, 0.2) is 6.07 Å². The van der Waals surface area contributed by atoms with Gasteiger partial charge in [0, 0.05) is 0 Å². The standard InChI is InChI=1S/C8H13SSi.Li/c1-7-5-6-8(9-7)10(2,3)4;/h6H,1-4H3;/q-1;+1. The van der Waals surface area contributed by atoms with Crippen LogP contribution < -0.4 is 23.4 Å². The molecule has 56 valence electrons. The molecule has 1 aromatic rings. The quantitative estimate of drug-likeness (QED) is 0.396. The fraction of sp³-hybridized carbons (Fsp3) is 0.500. The van der Waals surface area contributed by atoms with E-state index in [0.717, 1.165) is 0 Å². The maximum absolute atomic E-state index is 3.23. The first kappa shape index (κ1) is 11.5. The van der Waals surface area contributed by atoms with Crippen LogP contribution in [0.5, 0.6) is 0 Å². The molecule has 0 spiro atoms. The molecule has 0 unspecified atom stereocenters. The van der Waals surface area contributed by atoms with Gasteiger partial charge in [-0.25, -0.2) is 12.1 Å². The summed E-state index contributed by atoms with van der Waals surface area (Å²) in [5.41, 5.74) is 0. The van der Waals surface area contributed by atoms with Crippen molar-refractivity contribution in [3.63, 3.8) is 0 Å². The Bertz CT molecular complexity index is 224. The van der Waals surface area contributed by atoms with E-state index in [2.05, 4.69) is 38.7 Å². The molecule has 0 saturated heterocycles. The molecule has 0 radical (unpaired) electrons. The van der Waals surface area contributed by atoms with Crippen molar-refractivity contribution in [2.24, 2.45) is 0 Å². The molecule has 3 heteroatoms. The first-order valence-corrected chi connectivity index (χ1v) is 7.80. The van der Waals surface area contributed by atoms with Gasteiger partial charge < -0.3 is 0 Å². The van der Waals surface area contributed by atoms with Gasteiger partial charge in [-0.2, -0.15) is 0 Å². The second-order valence-corrected chi connectivity index (χ2v) is 10.2. The largest absolute Gasteiger partial charge is 1.00 e. The fourth-order valence-electron chi connectivity index (χ4n) is 0.761. The molecule has 0 saturated carbocycles. The molecule has 0 bridgehead atoms. The number of aryl methyl sites for hydroxylation is 1. The predicted octanol–water partition coefficient (Wildman–Crippen LogP) is -0.594. The van der Waals surface area contributed by atoms with Crippen molar-refractivity contribution >= 4 is 23.9 Å². The van der Waals surface area contributed by atoms with Gasteiger partial charge in [0.1, 0.15) is 0 Å². The van der Waals surface area contributed by atoms with Gasteiger partial charge in [-0.05, 0) is 15.0 Å². The van der Waals surface area contributed by atoms with Gasteiger partial charge in [0.25, 0.3) is 0 Å². The summed E-state index contributed by atoms with van der Waals surface area (Å²) in [5, 5.41) is 0. The van der Waals surface area contributed by atoms with Crippen LogP contribution in [0.4, 0.5) is 0 Å². The van der Waals surface area contributed by atoms with Crippen LogP contribution in [0.25, 0.3) is 0 Å². The van der Waals surface area contributed by atoms with Gasteiger partial charge in [-0.1, -0.05) is 19.6 Å². The maximum atomic E-state index is 3.23. The minimum Gasteiger partial charge on any atom is -0.269 e. The summed E-state index contributed by atoms with van der Waals surface area (Å²) in [4.78, 5) is 1.32. The van der Waals surface area contributed by atoms with E-state index in [1.54, 1.807) is 4.50 Å². The third-order valence-corrected chi connectivity index (χ3v) is 5.94. The second kappa shape index (κ2) is 3.95. The minimum atomic E-state index is -1.03. The topological polar surface area (TPSA) is 0 Å². The molecule has 11 heavy (non-hydrogen) atoms. The van der Waals surface area contributed by atoms with Crippen molar-refractivity contribution in [2.75, 3.05) is 0 Å². The summed E-state index contributed by atoms with van der Waals surface area (Å²) >= 11 is 1.90. The van der Waals surface area contributed by atoms with Gasteiger partial charge in [0.05, 0.1) is 0 Å². The minimum absolute atomic E-state index is 0. The Balaban J connectivity index is 0.000001000. The van der Waals surface area contributed by atoms with E-state index in [-0.39, 0.29) is 18.9 Å². The van der Waals surface area contributed by atoms with Crippen molar-refractivity contribution in [1.82, 2.24) is 0 Å². The van der Waals surface area contributed by atoms with Crippen LogP contribution in [-0.4, -0.2) is 8.07 Å². The summed E-state index contributed by atoms with van der Waals surface area (Å²) < 4.78 is 1.56. The number of hydrogen-bond donors (Lipinski definition) is 0. The second-order valence-electron chi connectivity index (χ2n) is 3.56. The molecule has 1 aromatic heterocycles. The Morgan fingerprint density at radius 2 is 1.91 bits per heavy atom. The zero-order chi connectivity index (χ0) is 7.78. The monoisotopic (exact) mass is 176 g/mol. The van der Waals surface area contributed by atoms with E-state index < -0.39 is 8.07 Å². The van der Waals surface area contributed by atoms with Crippen LogP contribution >= 0.6 is 11.3 Å². The van der Waals surface area contributed by atoms with Crippen molar-refractivity contribution in [1.29, 1.82) is 0 Å². The molecular weight excluding hydrogens is 163 g/mol. The third-order valence-electron chi connectivity index (χ3n) is 1.41. The van der Waals surface area contributed by atoms with Crippen LogP contribution in [0, 0.1) is 13.0 Å². The van der Waals surface area contributed by atoms with E-state index in [1.165, 1.54) is 4.88 Å². The fourth-order valence-corrected chi connectivity index (χ4v) is 3.52. The Hall–Kier alpha value is 0.514. The van der Waals surface area contributed by atoms with E-state index in [0.29, 0.717) is 0 Å². The molecule has 0 aromatic carbocycles. The van der Waals surface area contributed by atoms with Crippen molar-refractivity contribution in [3.8, 4) is 0 Å². The van der Waals surface area contributed by atoms with Crippen LogP contribution in [0.2, 0.25) is 19.6 Å². The van der Waals surface area contributed by atoms with Crippen LogP contribution in [0.1, 0.15) is 4.88 Å². The Labute approximate surface area is 86.2 Å². The maximum Gasteiger partial charge on any atom is 1.00 e. The SMILES string of the molecule is Cc1[c-]cc([Si](C)(C)C)s1.[Li+]. The zero-order valence-corrected chi connectivity index (χ0v) is 9.80. The van der Waals surface area contributed by atoms with Gasteiger partial charge in [-0.15, -0.1) is 9.38 Å². The van der Waals surface area contributed by atoms with Gasteiger partial charge >= 0.3 is 18.9 Å². The first-order valence-electron chi connectivity index (χ1n) is 3.49. The number of rotatable bonds is 1. The predicted molar refractivity (Wildman–Crippen MR) is 50.9 cm³/mol. The first-order chi connectivity index (χ1) is 4.50. The molecule has 0 atom stereocenters. The molecule has 1 heterocycles. The van der Waals surface area contributed by atoms with Gasteiger partial charge in [0.15, 0.2) is 0 Å². The zero-order valence-electron chi connectivity index (χ0n) is 7.99. The number of hydrogen-bond acceptors (Lipinski definition) is 1. The molecule has 0 amide bonds. The van der Waals surface area contributed by atoms with E-state index in [9.17, 15) is 0 Å². The van der Waals surface area contributed by atoms with E-state index in [1.807, 2.05) is 11.3 Å². The molecular formula is C8H13LiSSi. The number of thiophene rings is 1. The molecule has 0 aliphatic heterocycles. The molecule has 0 aliphatic carbocycles. The molecule has 0 nitrogen and oxygen atoms in total. The summed E-state index contributed by atoms with van der Waals surface area (Å²) in [6, 6.07) is 5.39. The van der Waals surface area contributed by atoms with E-state index in [4.69, 9.17) is 0 Å². The summed E-state index contributed by atoms with van der Waals surface area (Å²) in [6.07, 6.45) is 0. The van der Waals surface area contributed by atoms with E-state index >= 15 is 0 Å².